The van der Waals surface area contributed by atoms with Gasteiger partial charge >= 0.3 is 6.08 Å². The van der Waals surface area contributed by atoms with Crippen LogP contribution in [-0.4, -0.2) is 19.5 Å². The van der Waals surface area contributed by atoms with Crippen molar-refractivity contribution in [2.75, 3.05) is 0 Å². The molecule has 2 aromatic heterocycles. The van der Waals surface area contributed by atoms with E-state index in [0.717, 1.165) is 5.56 Å². The molecule has 0 aliphatic rings. The third-order valence-corrected chi connectivity index (χ3v) is 3.13. The van der Waals surface area contributed by atoms with Crippen LogP contribution in [0.25, 0.3) is 11.2 Å². The molecule has 0 fully saturated rings. The first-order valence-electron chi connectivity index (χ1n) is 5.42. The van der Waals surface area contributed by atoms with Crippen LogP contribution in [-0.2, 0) is 6.54 Å². The van der Waals surface area contributed by atoms with Gasteiger partial charge in [0.1, 0.15) is 5.52 Å². The molecule has 0 spiro atoms. The van der Waals surface area contributed by atoms with E-state index < -0.39 is 6.08 Å². The van der Waals surface area contributed by atoms with E-state index in [2.05, 4.69) is 15.0 Å². The lowest BCUT2D eigenvalue weighted by Crippen LogP contribution is -2.01. The van der Waals surface area contributed by atoms with Crippen molar-refractivity contribution in [3.63, 3.8) is 0 Å². The molecule has 0 aliphatic heterocycles. The molecule has 0 aliphatic carbocycles. The second kappa shape index (κ2) is 4.75. The lowest BCUT2D eigenvalue weighted by molar-refractivity contribution is 0.542. The highest BCUT2D eigenvalue weighted by Crippen LogP contribution is 2.20. The van der Waals surface area contributed by atoms with E-state index in [1.165, 1.54) is 0 Å². The Morgan fingerprint density at radius 3 is 2.84 bits per heavy atom. The summed E-state index contributed by atoms with van der Waals surface area (Å²) in [7, 11) is 0. The molecule has 0 atom stereocenters. The maximum atomic E-state index is 13.2. The summed E-state index contributed by atoms with van der Waals surface area (Å²) in [5.74, 6) is 0. The Balaban J connectivity index is 2.06. The normalized spacial score (nSPS) is 11.1. The Bertz CT molecular complexity index is 757. The van der Waals surface area contributed by atoms with Crippen LogP contribution < -0.4 is 0 Å². The van der Waals surface area contributed by atoms with Crippen molar-refractivity contribution in [3.05, 3.63) is 52.4 Å². The van der Waals surface area contributed by atoms with E-state index in [-0.39, 0.29) is 5.15 Å². The van der Waals surface area contributed by atoms with Crippen LogP contribution in [0, 0.1) is 6.08 Å². The molecule has 0 unspecified atom stereocenters. The van der Waals surface area contributed by atoms with Crippen molar-refractivity contribution in [1.29, 1.82) is 0 Å². The highest BCUT2D eigenvalue weighted by Gasteiger charge is 2.11. The van der Waals surface area contributed by atoms with Gasteiger partial charge in [0.05, 0.1) is 12.9 Å². The van der Waals surface area contributed by atoms with Crippen LogP contribution in [0.3, 0.4) is 0 Å². The van der Waals surface area contributed by atoms with E-state index in [4.69, 9.17) is 23.2 Å². The van der Waals surface area contributed by atoms with E-state index in [9.17, 15) is 4.39 Å². The molecule has 4 nitrogen and oxygen atoms in total. The standard InChI is InChI=1S/C12H7Cl2FN4/c13-8-3-1-2-7(4-8)5-19-6-16-9-10(14)17-12(15)18-11(9)19/h1-4,6H,5H2. The van der Waals surface area contributed by atoms with Crippen molar-refractivity contribution in [2.24, 2.45) is 0 Å². The minimum Gasteiger partial charge on any atom is -0.311 e. The smallest absolute Gasteiger partial charge is 0.311 e. The lowest BCUT2D eigenvalue weighted by atomic mass is 10.2. The lowest BCUT2D eigenvalue weighted by Gasteiger charge is -2.04. The summed E-state index contributed by atoms with van der Waals surface area (Å²) < 4.78 is 14.9. The first-order chi connectivity index (χ1) is 9.13. The monoisotopic (exact) mass is 296 g/mol. The van der Waals surface area contributed by atoms with Crippen LogP contribution in [0.1, 0.15) is 5.56 Å². The van der Waals surface area contributed by atoms with Crippen LogP contribution in [0.5, 0.6) is 0 Å². The zero-order valence-corrected chi connectivity index (χ0v) is 11.0. The number of rotatable bonds is 2. The van der Waals surface area contributed by atoms with Gasteiger partial charge in [0, 0.05) is 5.02 Å². The molecular formula is C12H7Cl2FN4. The molecule has 1 aromatic carbocycles. The average Bonchev–Trinajstić information content (AvgIpc) is 2.73. The molecule has 3 rings (SSSR count). The van der Waals surface area contributed by atoms with Gasteiger partial charge in [-0.1, -0.05) is 35.3 Å². The Kier molecular flexibility index (Phi) is 3.08. The summed E-state index contributed by atoms with van der Waals surface area (Å²) in [6, 6.07) is 7.37. The fourth-order valence-electron chi connectivity index (χ4n) is 1.83. The van der Waals surface area contributed by atoms with Gasteiger partial charge in [-0.3, -0.25) is 0 Å². The number of hydrogen-bond donors (Lipinski definition) is 0. The Labute approximate surface area is 117 Å². The van der Waals surface area contributed by atoms with E-state index in [1.807, 2.05) is 18.2 Å². The second-order valence-corrected chi connectivity index (χ2v) is 4.75. The van der Waals surface area contributed by atoms with Crippen molar-refractivity contribution < 1.29 is 4.39 Å². The quantitative estimate of drug-likeness (QED) is 0.538. The largest absolute Gasteiger partial charge is 0.312 e. The molecule has 3 aromatic rings. The van der Waals surface area contributed by atoms with Gasteiger partial charge in [-0.2, -0.15) is 14.4 Å². The predicted molar refractivity (Wildman–Crippen MR) is 70.8 cm³/mol. The van der Waals surface area contributed by atoms with Gasteiger partial charge in [0.2, 0.25) is 0 Å². The molecule has 0 amide bonds. The Hall–Kier alpha value is -1.72. The van der Waals surface area contributed by atoms with E-state index >= 15 is 0 Å². The summed E-state index contributed by atoms with van der Waals surface area (Å²) in [6.07, 6.45) is 0.677. The maximum absolute atomic E-state index is 13.2. The Morgan fingerprint density at radius 2 is 2.05 bits per heavy atom. The highest BCUT2D eigenvalue weighted by molar-refractivity contribution is 6.33. The maximum Gasteiger partial charge on any atom is 0.312 e. The number of benzene rings is 1. The van der Waals surface area contributed by atoms with Gasteiger partial charge in [-0.25, -0.2) is 4.98 Å². The Morgan fingerprint density at radius 1 is 1.21 bits per heavy atom. The van der Waals surface area contributed by atoms with Crippen molar-refractivity contribution in [3.8, 4) is 0 Å². The SMILES string of the molecule is Fc1nc(Cl)c2ncn(Cc3cccc(Cl)c3)c2n1. The molecule has 2 heterocycles. The number of fused-ring (bicyclic) bond motifs is 1. The van der Waals surface area contributed by atoms with Crippen LogP contribution >= 0.6 is 23.2 Å². The molecule has 96 valence electrons. The molecule has 0 saturated carbocycles. The number of nitrogens with zero attached hydrogens (tertiary/aromatic N) is 4. The van der Waals surface area contributed by atoms with E-state index in [0.29, 0.717) is 22.7 Å². The molecular weight excluding hydrogens is 290 g/mol. The van der Waals surface area contributed by atoms with Gasteiger partial charge in [-0.05, 0) is 17.7 Å². The first kappa shape index (κ1) is 12.3. The third-order valence-electron chi connectivity index (χ3n) is 2.64. The van der Waals surface area contributed by atoms with Gasteiger partial charge in [0.15, 0.2) is 10.8 Å². The fraction of sp³-hybridized carbons (Fsp3) is 0.0833. The summed E-state index contributed by atoms with van der Waals surface area (Å²) in [6.45, 7) is 0.476. The van der Waals surface area contributed by atoms with Crippen molar-refractivity contribution in [1.82, 2.24) is 19.5 Å². The molecule has 0 radical (unpaired) electrons. The van der Waals surface area contributed by atoms with Crippen molar-refractivity contribution in [2.45, 2.75) is 6.54 Å². The summed E-state index contributed by atoms with van der Waals surface area (Å²) in [5.41, 5.74) is 1.70. The summed E-state index contributed by atoms with van der Waals surface area (Å²) >= 11 is 11.7. The number of halogens is 3. The van der Waals surface area contributed by atoms with E-state index in [1.54, 1.807) is 17.0 Å². The minimum absolute atomic E-state index is 0.00680. The molecule has 0 N–H and O–H groups in total. The summed E-state index contributed by atoms with van der Waals surface area (Å²) in [4.78, 5) is 11.2. The minimum atomic E-state index is -0.870. The fourth-order valence-corrected chi connectivity index (χ4v) is 2.25. The predicted octanol–water partition coefficient (Wildman–Crippen LogP) is 3.32. The highest BCUT2D eigenvalue weighted by atomic mass is 35.5. The molecule has 19 heavy (non-hydrogen) atoms. The third kappa shape index (κ3) is 2.39. The average molecular weight is 297 g/mol. The molecule has 7 heteroatoms. The van der Waals surface area contributed by atoms with Gasteiger partial charge < -0.3 is 4.57 Å². The molecule has 0 bridgehead atoms. The van der Waals surface area contributed by atoms with Crippen LogP contribution in [0.15, 0.2) is 30.6 Å². The van der Waals surface area contributed by atoms with Crippen LogP contribution in [0.4, 0.5) is 4.39 Å². The number of hydrogen-bond acceptors (Lipinski definition) is 3. The van der Waals surface area contributed by atoms with Gasteiger partial charge in [0.25, 0.3) is 0 Å². The van der Waals surface area contributed by atoms with Crippen molar-refractivity contribution >= 4 is 34.4 Å². The number of imidazole rings is 1. The first-order valence-corrected chi connectivity index (χ1v) is 6.17. The topological polar surface area (TPSA) is 43.6 Å². The zero-order chi connectivity index (χ0) is 13.4. The second-order valence-electron chi connectivity index (χ2n) is 3.96. The zero-order valence-electron chi connectivity index (χ0n) is 9.52. The molecule has 0 saturated heterocycles. The van der Waals surface area contributed by atoms with Gasteiger partial charge in [-0.15, -0.1) is 0 Å². The number of aromatic nitrogens is 4. The summed E-state index contributed by atoms with van der Waals surface area (Å²) in [5, 5.41) is 0.646. The van der Waals surface area contributed by atoms with Crippen LogP contribution in [0.2, 0.25) is 10.2 Å².